The molecule has 3 aromatic rings. The molecule has 1 unspecified atom stereocenters. The average Bonchev–Trinajstić information content (AvgIpc) is 3.24. The summed E-state index contributed by atoms with van der Waals surface area (Å²) in [7, 11) is -0.721. The number of ether oxygens (including phenoxy) is 1. The molecule has 1 aliphatic rings. The quantitative estimate of drug-likeness (QED) is 0.541. The van der Waals surface area contributed by atoms with Crippen molar-refractivity contribution in [2.45, 2.75) is 19.2 Å². The summed E-state index contributed by atoms with van der Waals surface area (Å²) in [6, 6.07) is 11.3. The first kappa shape index (κ1) is 21.8. The summed E-state index contributed by atoms with van der Waals surface area (Å²) in [6.45, 7) is 2.50. The molecule has 10 heteroatoms. The summed E-state index contributed by atoms with van der Waals surface area (Å²) in [5.41, 5.74) is 2.46. The molecule has 4 rings (SSSR count). The molecular weight excluding hydrogens is 447 g/mol. The van der Waals surface area contributed by atoms with E-state index in [2.05, 4.69) is 14.9 Å². The Balaban J connectivity index is 1.53. The van der Waals surface area contributed by atoms with E-state index >= 15 is 0 Å². The lowest BCUT2D eigenvalue weighted by molar-refractivity contribution is -0.189. The van der Waals surface area contributed by atoms with Crippen molar-refractivity contribution >= 4 is 27.8 Å². The second-order valence-electron chi connectivity index (χ2n) is 7.07. The number of hydrogen-bond donors (Lipinski definition) is 0. The van der Waals surface area contributed by atoms with Gasteiger partial charge in [-0.3, -0.25) is 4.21 Å². The van der Waals surface area contributed by atoms with Crippen LogP contribution in [0.2, 0.25) is 0 Å². The number of hydrogen-bond acceptors (Lipinski definition) is 6. The van der Waals surface area contributed by atoms with Crippen LogP contribution >= 0.6 is 11.3 Å². The normalized spacial score (nSPS) is 16.3. The Morgan fingerprint density at radius 2 is 1.84 bits per heavy atom. The first-order valence-corrected chi connectivity index (χ1v) is 12.0. The largest absolute Gasteiger partial charge is 0.464 e. The van der Waals surface area contributed by atoms with E-state index in [0.29, 0.717) is 22.1 Å². The molecule has 1 atom stereocenters. The summed E-state index contributed by atoms with van der Waals surface area (Å²) < 4.78 is 55.3. The van der Waals surface area contributed by atoms with Gasteiger partial charge in [0.1, 0.15) is 5.01 Å². The van der Waals surface area contributed by atoms with E-state index in [1.807, 2.05) is 24.3 Å². The van der Waals surface area contributed by atoms with E-state index in [1.165, 1.54) is 17.5 Å². The number of anilines is 1. The fourth-order valence-corrected chi connectivity index (χ4v) is 5.14. The van der Waals surface area contributed by atoms with E-state index in [1.54, 1.807) is 18.3 Å². The second kappa shape index (κ2) is 8.96. The monoisotopic (exact) mass is 467 g/mol. The zero-order valence-electron chi connectivity index (χ0n) is 16.6. The molecule has 0 saturated carbocycles. The molecule has 0 radical (unpaired) electrons. The SMILES string of the molecule is CC(Oc1ncccc1-c1ncc(-c2ccc(N3CCS(=O)CC3)cc2)s1)C(F)(F)F. The Morgan fingerprint density at radius 1 is 1.13 bits per heavy atom. The predicted molar refractivity (Wildman–Crippen MR) is 117 cm³/mol. The Labute approximate surface area is 184 Å². The Kier molecular flexibility index (Phi) is 6.29. The highest BCUT2D eigenvalue weighted by Gasteiger charge is 2.38. The summed E-state index contributed by atoms with van der Waals surface area (Å²) in [6.07, 6.45) is -3.36. The predicted octanol–water partition coefficient (Wildman–Crippen LogP) is 4.77. The van der Waals surface area contributed by atoms with Crippen molar-refractivity contribution in [1.29, 1.82) is 0 Å². The molecular formula is C21H20F3N3O2S2. The number of benzene rings is 1. The third-order valence-corrected chi connectivity index (χ3v) is 7.31. The van der Waals surface area contributed by atoms with Gasteiger partial charge in [-0.1, -0.05) is 12.1 Å². The van der Waals surface area contributed by atoms with Gasteiger partial charge in [0.15, 0.2) is 6.10 Å². The van der Waals surface area contributed by atoms with E-state index in [9.17, 15) is 17.4 Å². The standard InChI is InChI=1S/C21H20F3N3O2S2/c1-14(21(22,23)24)29-19-17(3-2-8-25-19)20-26-13-18(30-20)15-4-6-16(7-5-15)27-9-11-31(28)12-10-27/h2-8,13-14H,9-12H2,1H3. The maximum atomic E-state index is 12.9. The molecule has 5 nitrogen and oxygen atoms in total. The Hall–Kier alpha value is -2.46. The molecule has 31 heavy (non-hydrogen) atoms. The van der Waals surface area contributed by atoms with Gasteiger partial charge in [-0.2, -0.15) is 13.2 Å². The van der Waals surface area contributed by atoms with Gasteiger partial charge >= 0.3 is 6.18 Å². The van der Waals surface area contributed by atoms with Crippen LogP contribution < -0.4 is 9.64 Å². The van der Waals surface area contributed by atoms with Crippen molar-refractivity contribution in [3.8, 4) is 26.9 Å². The van der Waals surface area contributed by atoms with E-state index in [-0.39, 0.29) is 5.88 Å². The van der Waals surface area contributed by atoms with Gasteiger partial charge < -0.3 is 9.64 Å². The van der Waals surface area contributed by atoms with E-state index < -0.39 is 23.1 Å². The van der Waals surface area contributed by atoms with E-state index in [4.69, 9.17) is 4.74 Å². The number of alkyl halides is 3. The third kappa shape index (κ3) is 5.07. The summed E-state index contributed by atoms with van der Waals surface area (Å²) in [5.74, 6) is 1.27. The number of aromatic nitrogens is 2. The molecule has 0 aliphatic carbocycles. The molecule has 0 N–H and O–H groups in total. The lowest BCUT2D eigenvalue weighted by Crippen LogP contribution is -2.37. The zero-order chi connectivity index (χ0) is 22.0. The van der Waals surface area contributed by atoms with Crippen LogP contribution in [0.25, 0.3) is 21.0 Å². The minimum Gasteiger partial charge on any atom is -0.464 e. The van der Waals surface area contributed by atoms with Crippen LogP contribution in [0.4, 0.5) is 18.9 Å². The van der Waals surface area contributed by atoms with Crippen LogP contribution in [0, 0.1) is 0 Å². The minimum atomic E-state index is -4.48. The van der Waals surface area contributed by atoms with Crippen molar-refractivity contribution < 1.29 is 22.1 Å². The van der Waals surface area contributed by atoms with Gasteiger partial charge in [0, 0.05) is 53.5 Å². The van der Waals surface area contributed by atoms with Crippen LogP contribution in [-0.4, -0.2) is 51.1 Å². The molecule has 164 valence electrons. The van der Waals surface area contributed by atoms with Gasteiger partial charge in [0.05, 0.1) is 10.4 Å². The fourth-order valence-electron chi connectivity index (χ4n) is 3.15. The minimum absolute atomic E-state index is 0.0916. The van der Waals surface area contributed by atoms with Gasteiger partial charge in [-0.05, 0) is 36.8 Å². The van der Waals surface area contributed by atoms with Crippen molar-refractivity contribution in [2.24, 2.45) is 0 Å². The van der Waals surface area contributed by atoms with Gasteiger partial charge in [0.2, 0.25) is 5.88 Å². The van der Waals surface area contributed by atoms with Crippen LogP contribution in [-0.2, 0) is 10.8 Å². The molecule has 1 fully saturated rings. The van der Waals surface area contributed by atoms with Gasteiger partial charge in [0.25, 0.3) is 0 Å². The topological polar surface area (TPSA) is 55.3 Å². The molecule has 0 amide bonds. The highest BCUT2D eigenvalue weighted by molar-refractivity contribution is 7.85. The first-order valence-electron chi connectivity index (χ1n) is 9.66. The van der Waals surface area contributed by atoms with Crippen LogP contribution in [0.15, 0.2) is 48.8 Å². The van der Waals surface area contributed by atoms with E-state index in [0.717, 1.165) is 36.1 Å². The zero-order valence-corrected chi connectivity index (χ0v) is 18.3. The molecule has 1 aliphatic heterocycles. The maximum absolute atomic E-state index is 12.9. The average molecular weight is 468 g/mol. The molecule has 2 aromatic heterocycles. The Bertz CT molecular complexity index is 1060. The second-order valence-corrected chi connectivity index (χ2v) is 9.80. The van der Waals surface area contributed by atoms with Crippen LogP contribution in [0.1, 0.15) is 6.92 Å². The maximum Gasteiger partial charge on any atom is 0.425 e. The molecule has 0 bridgehead atoms. The van der Waals surface area contributed by atoms with Crippen LogP contribution in [0.3, 0.4) is 0 Å². The number of thiazole rings is 1. The lowest BCUT2D eigenvalue weighted by Gasteiger charge is -2.28. The molecule has 1 saturated heterocycles. The molecule has 1 aromatic carbocycles. The lowest BCUT2D eigenvalue weighted by atomic mass is 10.1. The summed E-state index contributed by atoms with van der Waals surface area (Å²) in [4.78, 5) is 11.5. The van der Waals surface area contributed by atoms with Crippen molar-refractivity contribution in [3.63, 3.8) is 0 Å². The van der Waals surface area contributed by atoms with Crippen molar-refractivity contribution in [3.05, 3.63) is 48.8 Å². The first-order chi connectivity index (χ1) is 14.8. The van der Waals surface area contributed by atoms with Crippen molar-refractivity contribution in [1.82, 2.24) is 9.97 Å². The number of pyridine rings is 1. The smallest absolute Gasteiger partial charge is 0.425 e. The number of nitrogens with zero attached hydrogens (tertiary/aromatic N) is 3. The van der Waals surface area contributed by atoms with Crippen molar-refractivity contribution in [2.75, 3.05) is 29.5 Å². The third-order valence-electron chi connectivity index (χ3n) is 4.95. The van der Waals surface area contributed by atoms with Gasteiger partial charge in [-0.15, -0.1) is 11.3 Å². The summed E-state index contributed by atoms with van der Waals surface area (Å²) >= 11 is 1.36. The fraction of sp³-hybridized carbons (Fsp3) is 0.333. The van der Waals surface area contributed by atoms with Gasteiger partial charge in [-0.25, -0.2) is 9.97 Å². The number of rotatable bonds is 5. The summed E-state index contributed by atoms with van der Waals surface area (Å²) in [5, 5.41) is 0.537. The highest BCUT2D eigenvalue weighted by Crippen LogP contribution is 2.37. The highest BCUT2D eigenvalue weighted by atomic mass is 32.2. The molecule has 0 spiro atoms. The Morgan fingerprint density at radius 3 is 2.52 bits per heavy atom. The molecule has 3 heterocycles. The van der Waals surface area contributed by atoms with Crippen LogP contribution in [0.5, 0.6) is 5.88 Å². The number of halogens is 3.